The van der Waals surface area contributed by atoms with Crippen LogP contribution in [0.2, 0.25) is 5.02 Å². The first-order valence-electron chi connectivity index (χ1n) is 11.3. The van der Waals surface area contributed by atoms with Crippen LogP contribution in [0.5, 0.6) is 11.5 Å². The Morgan fingerprint density at radius 2 is 1.97 bits per heavy atom. The van der Waals surface area contributed by atoms with Crippen molar-refractivity contribution in [3.05, 3.63) is 44.7 Å². The van der Waals surface area contributed by atoms with Crippen molar-refractivity contribution in [2.24, 2.45) is 5.41 Å². The molecule has 0 radical (unpaired) electrons. The molecule has 1 atom stereocenters. The molecule has 2 fully saturated rings. The molecule has 2 aromatic rings. The Bertz CT molecular complexity index is 1250. The molecule has 35 heavy (non-hydrogen) atoms. The van der Waals surface area contributed by atoms with Crippen LogP contribution in [0, 0.1) is 5.41 Å². The first kappa shape index (κ1) is 24.0. The lowest BCUT2D eigenvalue weighted by molar-refractivity contribution is -0.156. The average molecular weight is 514 g/mol. The van der Waals surface area contributed by atoms with E-state index in [4.69, 9.17) is 30.5 Å². The molecule has 0 bridgehead atoms. The summed E-state index contributed by atoms with van der Waals surface area (Å²) in [4.78, 5) is 26.1. The molecule has 0 amide bonds. The van der Waals surface area contributed by atoms with Gasteiger partial charge >= 0.3 is 12.1 Å². The number of alkyl halides is 3. The minimum atomic E-state index is -4.54. The highest BCUT2D eigenvalue weighted by Crippen LogP contribution is 2.54. The van der Waals surface area contributed by atoms with Crippen LogP contribution in [-0.2, 0) is 9.47 Å². The van der Waals surface area contributed by atoms with E-state index in [1.807, 2.05) is 6.92 Å². The largest absolute Gasteiger partial charge is 0.484 e. The fraction of sp³-hybridized carbons (Fsp3) is 0.500. The van der Waals surface area contributed by atoms with E-state index in [2.05, 4.69) is 0 Å². The van der Waals surface area contributed by atoms with Crippen LogP contribution in [0.15, 0.2) is 23.0 Å². The summed E-state index contributed by atoms with van der Waals surface area (Å²) in [6.45, 7) is 2.95. The quantitative estimate of drug-likeness (QED) is 0.501. The number of carbonyl (C=O) groups excluding carboxylic acids is 1. The number of aromatic nitrogens is 1. The molecule has 11 heteroatoms. The molecule has 1 saturated carbocycles. The number of carbonyl (C=O) groups is 1. The third kappa shape index (κ3) is 4.27. The highest BCUT2D eigenvalue weighted by Gasteiger charge is 2.49. The molecule has 1 aliphatic carbocycles. The van der Waals surface area contributed by atoms with Crippen LogP contribution in [0.3, 0.4) is 0 Å². The SMILES string of the molecule is CCOC(=O)c1cc2c(n(C3CC3)c1=O)-c1cc(Cl)c(OCC(F)(F)F)cc1OC2C1(C)COC1. The van der Waals surface area contributed by atoms with Crippen molar-refractivity contribution in [3.63, 3.8) is 0 Å². The Kier molecular flexibility index (Phi) is 5.79. The van der Waals surface area contributed by atoms with Gasteiger partial charge in [-0.15, -0.1) is 0 Å². The maximum Gasteiger partial charge on any atom is 0.422 e. The smallest absolute Gasteiger partial charge is 0.422 e. The number of ether oxygens (including phenoxy) is 4. The van der Waals surface area contributed by atoms with Gasteiger partial charge in [-0.05, 0) is 31.9 Å². The lowest BCUT2D eigenvalue weighted by atomic mass is 9.76. The van der Waals surface area contributed by atoms with Crippen molar-refractivity contribution >= 4 is 17.6 Å². The minimum absolute atomic E-state index is 0.0524. The topological polar surface area (TPSA) is 76.0 Å². The molecule has 3 heterocycles. The minimum Gasteiger partial charge on any atom is -0.484 e. The third-order valence-electron chi connectivity index (χ3n) is 6.38. The van der Waals surface area contributed by atoms with E-state index >= 15 is 0 Å². The number of rotatable bonds is 6. The summed E-state index contributed by atoms with van der Waals surface area (Å²) in [6.07, 6.45) is -3.67. The van der Waals surface area contributed by atoms with Gasteiger partial charge in [-0.1, -0.05) is 18.5 Å². The molecule has 1 unspecified atom stereocenters. The second-order valence-electron chi connectivity index (χ2n) is 9.32. The molecule has 1 saturated heterocycles. The predicted octanol–water partition coefficient (Wildman–Crippen LogP) is 5.09. The molecule has 5 rings (SSSR count). The Balaban J connectivity index is 1.72. The van der Waals surface area contributed by atoms with E-state index in [9.17, 15) is 22.8 Å². The highest BCUT2D eigenvalue weighted by molar-refractivity contribution is 6.32. The van der Waals surface area contributed by atoms with Gasteiger partial charge in [0.05, 0.1) is 36.0 Å². The van der Waals surface area contributed by atoms with Gasteiger partial charge in [-0.25, -0.2) is 4.79 Å². The zero-order valence-corrected chi connectivity index (χ0v) is 19.8. The van der Waals surface area contributed by atoms with Gasteiger partial charge in [0.25, 0.3) is 5.56 Å². The summed E-state index contributed by atoms with van der Waals surface area (Å²) in [5, 5.41) is -0.0524. The van der Waals surface area contributed by atoms with Crippen molar-refractivity contribution in [2.75, 3.05) is 26.4 Å². The number of halogens is 4. The normalized spacial score (nSPS) is 20.2. The lowest BCUT2D eigenvalue weighted by Gasteiger charge is -2.46. The monoisotopic (exact) mass is 513 g/mol. The van der Waals surface area contributed by atoms with Gasteiger partial charge in [0.1, 0.15) is 23.2 Å². The number of fused-ring (bicyclic) bond motifs is 3. The van der Waals surface area contributed by atoms with E-state index in [1.54, 1.807) is 11.5 Å². The van der Waals surface area contributed by atoms with E-state index in [-0.39, 0.29) is 34.7 Å². The molecule has 1 aromatic heterocycles. The molecular weight excluding hydrogens is 491 g/mol. The fourth-order valence-electron chi connectivity index (χ4n) is 4.55. The zero-order chi connectivity index (χ0) is 25.1. The van der Waals surface area contributed by atoms with E-state index in [0.717, 1.165) is 12.8 Å². The highest BCUT2D eigenvalue weighted by atomic mass is 35.5. The fourth-order valence-corrected chi connectivity index (χ4v) is 4.77. The molecule has 1 aromatic carbocycles. The van der Waals surface area contributed by atoms with Crippen molar-refractivity contribution < 1.29 is 36.9 Å². The number of hydrogen-bond donors (Lipinski definition) is 0. The van der Waals surface area contributed by atoms with Crippen molar-refractivity contribution in [2.45, 2.75) is 45.0 Å². The first-order valence-corrected chi connectivity index (χ1v) is 11.6. The summed E-state index contributed by atoms with van der Waals surface area (Å²) in [5.74, 6) is -0.651. The first-order chi connectivity index (χ1) is 16.5. The molecule has 0 spiro atoms. The average Bonchev–Trinajstić information content (AvgIpc) is 3.60. The Morgan fingerprint density at radius 3 is 2.54 bits per heavy atom. The summed E-state index contributed by atoms with van der Waals surface area (Å²) in [7, 11) is 0. The maximum absolute atomic E-state index is 13.5. The van der Waals surface area contributed by atoms with Crippen LogP contribution in [0.1, 0.15) is 54.8 Å². The second kappa shape index (κ2) is 8.44. The molecule has 2 aliphatic heterocycles. The van der Waals surface area contributed by atoms with Gasteiger partial charge in [-0.2, -0.15) is 13.2 Å². The third-order valence-corrected chi connectivity index (χ3v) is 6.67. The molecule has 0 N–H and O–H groups in total. The van der Waals surface area contributed by atoms with Gasteiger partial charge in [0.2, 0.25) is 0 Å². The Labute approximate surface area is 203 Å². The number of benzene rings is 1. The second-order valence-corrected chi connectivity index (χ2v) is 9.72. The number of hydrogen-bond acceptors (Lipinski definition) is 6. The zero-order valence-electron chi connectivity index (χ0n) is 19.0. The number of nitrogens with zero attached hydrogens (tertiary/aromatic N) is 1. The maximum atomic E-state index is 13.5. The van der Waals surface area contributed by atoms with Crippen molar-refractivity contribution in [1.29, 1.82) is 0 Å². The summed E-state index contributed by atoms with van der Waals surface area (Å²) >= 11 is 6.30. The molecular formula is C24H23ClF3NO6. The Morgan fingerprint density at radius 1 is 1.26 bits per heavy atom. The van der Waals surface area contributed by atoms with Crippen LogP contribution in [-0.4, -0.2) is 43.1 Å². The summed E-state index contributed by atoms with van der Waals surface area (Å²) in [6, 6.07) is 4.15. The van der Waals surface area contributed by atoms with E-state index < -0.39 is 35.8 Å². The predicted molar refractivity (Wildman–Crippen MR) is 119 cm³/mol. The van der Waals surface area contributed by atoms with Crippen LogP contribution in [0.4, 0.5) is 13.2 Å². The lowest BCUT2D eigenvalue weighted by Crippen LogP contribution is -2.48. The molecule has 3 aliphatic rings. The van der Waals surface area contributed by atoms with E-state index in [0.29, 0.717) is 30.0 Å². The van der Waals surface area contributed by atoms with Crippen molar-refractivity contribution in [3.8, 4) is 22.8 Å². The van der Waals surface area contributed by atoms with Gasteiger partial charge in [-0.3, -0.25) is 4.79 Å². The summed E-state index contributed by atoms with van der Waals surface area (Å²) in [5.41, 5.74) is 0.530. The number of pyridine rings is 1. The standard InChI is InChI=1S/C24H23ClF3NO6/c1-3-33-22(31)15-6-14-19(29(21(15)30)12-4-5-12)13-7-16(25)18(34-11-24(26,27)28)8-17(13)35-20(14)23(2)9-32-10-23/h6-8,12,20H,3-5,9-11H2,1-2H3. The van der Waals surface area contributed by atoms with Crippen LogP contribution in [0.25, 0.3) is 11.3 Å². The van der Waals surface area contributed by atoms with E-state index in [1.165, 1.54) is 18.2 Å². The summed E-state index contributed by atoms with van der Waals surface area (Å²) < 4.78 is 61.6. The molecule has 188 valence electrons. The molecule has 7 nitrogen and oxygen atoms in total. The van der Waals surface area contributed by atoms with Crippen molar-refractivity contribution in [1.82, 2.24) is 4.57 Å². The van der Waals surface area contributed by atoms with Gasteiger partial charge in [0.15, 0.2) is 6.61 Å². The number of esters is 1. The van der Waals surface area contributed by atoms with Crippen LogP contribution < -0.4 is 15.0 Å². The van der Waals surface area contributed by atoms with Crippen LogP contribution >= 0.6 is 11.6 Å². The van der Waals surface area contributed by atoms with Gasteiger partial charge < -0.3 is 23.5 Å². The van der Waals surface area contributed by atoms with Gasteiger partial charge in [0, 0.05) is 23.2 Å². The Hall–Kier alpha value is -2.72.